The minimum absolute atomic E-state index is 0.201. The predicted molar refractivity (Wildman–Crippen MR) is 87.0 cm³/mol. The normalized spacial score (nSPS) is 28.7. The molecule has 0 heterocycles. The molecule has 116 valence electrons. The maximum Gasteiger partial charge on any atom is 0.0599 e. The van der Waals surface area contributed by atoms with Gasteiger partial charge in [-0.2, -0.15) is 0 Å². The Kier molecular flexibility index (Phi) is 6.47. The van der Waals surface area contributed by atoms with E-state index in [0.29, 0.717) is 6.42 Å². The van der Waals surface area contributed by atoms with Crippen molar-refractivity contribution >= 4 is 0 Å². The fourth-order valence-corrected chi connectivity index (χ4v) is 3.63. The second kappa shape index (κ2) is 8.35. The lowest BCUT2D eigenvalue weighted by atomic mass is 9.86. The lowest BCUT2D eigenvalue weighted by molar-refractivity contribution is 0.108. The number of rotatable bonds is 8. The second-order valence-corrected chi connectivity index (χ2v) is 6.31. The van der Waals surface area contributed by atoms with Gasteiger partial charge in [0, 0.05) is 0 Å². The van der Waals surface area contributed by atoms with E-state index in [1.807, 2.05) is 6.08 Å². The van der Waals surface area contributed by atoms with Gasteiger partial charge in [-0.25, -0.2) is 0 Å². The third-order valence-electron chi connectivity index (χ3n) is 4.81. The molecule has 0 unspecified atom stereocenters. The van der Waals surface area contributed by atoms with Crippen LogP contribution in [0.2, 0.25) is 0 Å². The topological polar surface area (TPSA) is 40.5 Å². The molecule has 21 heavy (non-hydrogen) atoms. The Hall–Kier alpha value is -1.12. The van der Waals surface area contributed by atoms with Gasteiger partial charge in [0.05, 0.1) is 12.2 Å². The summed E-state index contributed by atoms with van der Waals surface area (Å²) < 4.78 is 0. The van der Waals surface area contributed by atoms with E-state index in [1.165, 1.54) is 18.4 Å². The number of aryl methyl sites for hydroxylation is 1. The Labute approximate surface area is 128 Å². The third-order valence-corrected chi connectivity index (χ3v) is 4.81. The first kappa shape index (κ1) is 16.3. The van der Waals surface area contributed by atoms with Crippen LogP contribution in [0.15, 0.2) is 43.0 Å². The van der Waals surface area contributed by atoms with Gasteiger partial charge in [-0.1, -0.05) is 49.2 Å². The zero-order chi connectivity index (χ0) is 15.1. The molecule has 0 aromatic heterocycles. The molecule has 1 aromatic rings. The van der Waals surface area contributed by atoms with Crippen LogP contribution in [0.1, 0.15) is 44.1 Å². The van der Waals surface area contributed by atoms with Crippen LogP contribution in [0.5, 0.6) is 0 Å². The van der Waals surface area contributed by atoms with E-state index >= 15 is 0 Å². The van der Waals surface area contributed by atoms with Gasteiger partial charge in [0.15, 0.2) is 0 Å². The van der Waals surface area contributed by atoms with Crippen LogP contribution in [0.3, 0.4) is 0 Å². The molecule has 4 atom stereocenters. The molecule has 1 aromatic carbocycles. The van der Waals surface area contributed by atoms with Crippen molar-refractivity contribution in [3.63, 3.8) is 0 Å². The van der Waals surface area contributed by atoms with Crippen molar-refractivity contribution in [2.75, 3.05) is 0 Å². The summed E-state index contributed by atoms with van der Waals surface area (Å²) in [7, 11) is 0. The number of benzene rings is 1. The van der Waals surface area contributed by atoms with E-state index < -0.39 is 0 Å². The molecule has 0 bridgehead atoms. The van der Waals surface area contributed by atoms with Crippen LogP contribution < -0.4 is 0 Å². The minimum atomic E-state index is -0.354. The molecule has 1 saturated carbocycles. The van der Waals surface area contributed by atoms with E-state index in [-0.39, 0.29) is 24.0 Å². The van der Waals surface area contributed by atoms with E-state index in [0.717, 1.165) is 25.7 Å². The summed E-state index contributed by atoms with van der Waals surface area (Å²) in [6, 6.07) is 10.6. The highest BCUT2D eigenvalue weighted by molar-refractivity contribution is 5.14. The van der Waals surface area contributed by atoms with E-state index in [2.05, 4.69) is 36.9 Å². The minimum Gasteiger partial charge on any atom is -0.393 e. The van der Waals surface area contributed by atoms with Crippen molar-refractivity contribution in [3.8, 4) is 0 Å². The van der Waals surface area contributed by atoms with Crippen LogP contribution in [0.25, 0.3) is 0 Å². The monoisotopic (exact) mass is 288 g/mol. The van der Waals surface area contributed by atoms with Gasteiger partial charge in [0.25, 0.3) is 0 Å². The first-order valence-electron chi connectivity index (χ1n) is 8.23. The molecule has 1 aliphatic rings. The number of aliphatic hydroxyl groups is 2. The summed E-state index contributed by atoms with van der Waals surface area (Å²) in [5.74, 6) is 0.446. The van der Waals surface area contributed by atoms with Crippen molar-refractivity contribution in [1.29, 1.82) is 0 Å². The van der Waals surface area contributed by atoms with Gasteiger partial charge < -0.3 is 10.2 Å². The molecule has 2 N–H and O–H groups in total. The molecule has 2 nitrogen and oxygen atoms in total. The lowest BCUT2D eigenvalue weighted by Crippen LogP contribution is -2.21. The number of unbranched alkanes of at least 4 members (excludes halogenated alkanes) is 2. The van der Waals surface area contributed by atoms with Crippen LogP contribution in [-0.4, -0.2) is 22.4 Å². The summed E-state index contributed by atoms with van der Waals surface area (Å²) in [6.07, 6.45) is 8.20. The highest BCUT2D eigenvalue weighted by atomic mass is 16.3. The van der Waals surface area contributed by atoms with Gasteiger partial charge in [0.1, 0.15) is 0 Å². The molecular weight excluding hydrogens is 260 g/mol. The molecule has 1 fully saturated rings. The summed E-state index contributed by atoms with van der Waals surface area (Å²) >= 11 is 0. The Morgan fingerprint density at radius 1 is 1.00 bits per heavy atom. The molecular formula is C19H28O2. The van der Waals surface area contributed by atoms with Crippen LogP contribution >= 0.6 is 0 Å². The molecule has 0 aliphatic heterocycles. The zero-order valence-corrected chi connectivity index (χ0v) is 12.8. The highest BCUT2D eigenvalue weighted by Crippen LogP contribution is 2.38. The third kappa shape index (κ3) is 4.69. The largest absolute Gasteiger partial charge is 0.393 e. The van der Waals surface area contributed by atoms with E-state index in [9.17, 15) is 10.2 Å². The van der Waals surface area contributed by atoms with Crippen LogP contribution in [0.4, 0.5) is 0 Å². The maximum atomic E-state index is 10.1. The van der Waals surface area contributed by atoms with Crippen molar-refractivity contribution < 1.29 is 10.2 Å². The Morgan fingerprint density at radius 2 is 1.71 bits per heavy atom. The van der Waals surface area contributed by atoms with Crippen molar-refractivity contribution in [2.24, 2.45) is 11.8 Å². The Bertz CT molecular complexity index is 415. The SMILES string of the molecule is C=CC[C@@H]1[C@@H](CCCCCc2ccccc2)[C@H](O)C[C@@H]1O. The molecule has 0 amide bonds. The first-order chi connectivity index (χ1) is 10.2. The van der Waals surface area contributed by atoms with Crippen molar-refractivity contribution in [2.45, 2.75) is 57.2 Å². The number of hydrogen-bond acceptors (Lipinski definition) is 2. The average molecular weight is 288 g/mol. The summed E-state index contributed by atoms with van der Waals surface area (Å²) in [5, 5.41) is 20.1. The number of aliphatic hydroxyl groups excluding tert-OH is 2. The number of allylic oxidation sites excluding steroid dienone is 1. The molecule has 0 spiro atoms. The first-order valence-corrected chi connectivity index (χ1v) is 8.23. The van der Waals surface area contributed by atoms with E-state index in [4.69, 9.17) is 0 Å². The zero-order valence-electron chi connectivity index (χ0n) is 12.8. The van der Waals surface area contributed by atoms with Gasteiger partial charge in [-0.15, -0.1) is 6.58 Å². The summed E-state index contributed by atoms with van der Waals surface area (Å²) in [4.78, 5) is 0. The van der Waals surface area contributed by atoms with Gasteiger partial charge in [0.2, 0.25) is 0 Å². The van der Waals surface area contributed by atoms with Crippen LogP contribution in [0, 0.1) is 11.8 Å². The predicted octanol–water partition coefficient (Wildman–Crippen LogP) is 3.72. The molecule has 2 rings (SSSR count). The standard InChI is InChI=1S/C19H28O2/c1-2-9-16-17(19(21)14-18(16)20)13-8-4-7-12-15-10-5-3-6-11-15/h2-3,5-6,10-11,16-21H,1,4,7-9,12-14H2/t16-,17-,18+,19-/m1/s1. The molecule has 0 saturated heterocycles. The van der Waals surface area contributed by atoms with Crippen molar-refractivity contribution in [3.05, 3.63) is 48.6 Å². The molecule has 1 aliphatic carbocycles. The Morgan fingerprint density at radius 3 is 2.43 bits per heavy atom. The number of hydrogen-bond donors (Lipinski definition) is 2. The lowest BCUT2D eigenvalue weighted by Gasteiger charge is -2.22. The smallest absolute Gasteiger partial charge is 0.0599 e. The fraction of sp³-hybridized carbons (Fsp3) is 0.579. The Balaban J connectivity index is 1.68. The fourth-order valence-electron chi connectivity index (χ4n) is 3.63. The maximum absolute atomic E-state index is 10.1. The van der Waals surface area contributed by atoms with Crippen molar-refractivity contribution in [1.82, 2.24) is 0 Å². The molecule has 2 heteroatoms. The average Bonchev–Trinajstić information content (AvgIpc) is 2.75. The molecule has 0 radical (unpaired) electrons. The second-order valence-electron chi connectivity index (χ2n) is 6.31. The van der Waals surface area contributed by atoms with Gasteiger partial charge in [-0.05, 0) is 49.5 Å². The summed E-state index contributed by atoms with van der Waals surface area (Å²) in [6.45, 7) is 3.77. The van der Waals surface area contributed by atoms with E-state index in [1.54, 1.807) is 0 Å². The quantitative estimate of drug-likeness (QED) is 0.565. The van der Waals surface area contributed by atoms with Gasteiger partial charge >= 0.3 is 0 Å². The van der Waals surface area contributed by atoms with Gasteiger partial charge in [-0.3, -0.25) is 0 Å². The van der Waals surface area contributed by atoms with Crippen LogP contribution in [-0.2, 0) is 6.42 Å². The summed E-state index contributed by atoms with van der Waals surface area (Å²) in [5.41, 5.74) is 1.40. The highest BCUT2D eigenvalue weighted by Gasteiger charge is 2.40.